The minimum atomic E-state index is -0.294. The monoisotopic (exact) mass is 343 g/mol. The number of piperidine rings is 1. The van der Waals surface area contributed by atoms with Gasteiger partial charge in [0.1, 0.15) is 5.69 Å². The quantitative estimate of drug-likeness (QED) is 0.823. The minimum absolute atomic E-state index is 0.0603. The van der Waals surface area contributed by atoms with Crippen molar-refractivity contribution in [1.82, 2.24) is 15.2 Å². The van der Waals surface area contributed by atoms with Gasteiger partial charge < -0.3 is 15.2 Å². The van der Waals surface area contributed by atoms with Crippen molar-refractivity contribution in [3.63, 3.8) is 0 Å². The van der Waals surface area contributed by atoms with Gasteiger partial charge in [-0.15, -0.1) is 0 Å². The van der Waals surface area contributed by atoms with Crippen LogP contribution in [0.1, 0.15) is 30.3 Å². The largest absolute Gasteiger partial charge is 0.351 e. The van der Waals surface area contributed by atoms with Crippen molar-refractivity contribution in [3.05, 3.63) is 35.0 Å². The van der Waals surface area contributed by atoms with Crippen LogP contribution in [0.25, 0.3) is 10.9 Å². The van der Waals surface area contributed by atoms with Crippen LogP contribution >= 0.6 is 11.6 Å². The van der Waals surface area contributed by atoms with Crippen molar-refractivity contribution in [2.24, 2.45) is 0 Å². The Morgan fingerprint density at radius 2 is 2.21 bits per heavy atom. The standard InChI is InChI=1S/C18H18ClN3O2/c1-2-4-17(23)20-14-5-3-8-22(11-14)18(24)16-10-12-9-13(19)6-7-15(12)21-16/h6-7,9-10,14,21H,3,5,8,11H2,1H3,(H,20,23). The second kappa shape index (κ2) is 6.98. The fourth-order valence-corrected chi connectivity index (χ4v) is 3.18. The highest BCUT2D eigenvalue weighted by Crippen LogP contribution is 2.22. The highest BCUT2D eigenvalue weighted by Gasteiger charge is 2.26. The molecule has 2 N–H and O–H groups in total. The van der Waals surface area contributed by atoms with E-state index in [2.05, 4.69) is 22.1 Å². The van der Waals surface area contributed by atoms with Crippen LogP contribution in [0.3, 0.4) is 0 Å². The van der Waals surface area contributed by atoms with Gasteiger partial charge in [-0.2, -0.15) is 0 Å². The third-order valence-corrected chi connectivity index (χ3v) is 4.33. The Morgan fingerprint density at radius 1 is 1.38 bits per heavy atom. The summed E-state index contributed by atoms with van der Waals surface area (Å²) in [6, 6.07) is 7.23. The lowest BCUT2D eigenvalue weighted by atomic mass is 10.1. The number of carbonyl (C=O) groups is 2. The van der Waals surface area contributed by atoms with E-state index in [1.165, 1.54) is 0 Å². The third-order valence-electron chi connectivity index (χ3n) is 4.10. The van der Waals surface area contributed by atoms with E-state index < -0.39 is 0 Å². The second-order valence-electron chi connectivity index (χ2n) is 5.85. The number of hydrogen-bond acceptors (Lipinski definition) is 2. The second-order valence-corrected chi connectivity index (χ2v) is 6.29. The number of aromatic nitrogens is 1. The predicted molar refractivity (Wildman–Crippen MR) is 93.8 cm³/mol. The molecule has 0 spiro atoms. The van der Waals surface area contributed by atoms with Crippen LogP contribution in [0.15, 0.2) is 24.3 Å². The van der Waals surface area contributed by atoms with E-state index >= 15 is 0 Å². The Labute approximate surface area is 145 Å². The zero-order chi connectivity index (χ0) is 17.1. The minimum Gasteiger partial charge on any atom is -0.351 e. The number of aromatic amines is 1. The zero-order valence-corrected chi connectivity index (χ0v) is 14.1. The van der Waals surface area contributed by atoms with E-state index in [0.717, 1.165) is 23.7 Å². The molecule has 2 aromatic rings. The SMILES string of the molecule is CC#CC(=O)NC1CCCN(C(=O)c2cc3cc(Cl)ccc3[nH]2)C1. The number of hydrogen-bond donors (Lipinski definition) is 2. The number of likely N-dealkylation sites (tertiary alicyclic amines) is 1. The van der Waals surface area contributed by atoms with Crippen LogP contribution in [0, 0.1) is 11.8 Å². The summed E-state index contributed by atoms with van der Waals surface area (Å²) in [5.74, 6) is 4.69. The van der Waals surface area contributed by atoms with Crippen molar-refractivity contribution in [3.8, 4) is 11.8 Å². The molecule has 0 radical (unpaired) electrons. The highest BCUT2D eigenvalue weighted by molar-refractivity contribution is 6.31. The molecule has 1 unspecified atom stereocenters. The maximum atomic E-state index is 12.7. The maximum absolute atomic E-state index is 12.7. The number of nitrogens with one attached hydrogen (secondary N) is 2. The molecule has 1 aliphatic rings. The molecule has 5 nitrogen and oxygen atoms in total. The molecule has 2 heterocycles. The molecule has 0 aliphatic carbocycles. The molecule has 1 atom stereocenters. The van der Waals surface area contributed by atoms with E-state index in [4.69, 9.17) is 11.6 Å². The molecule has 6 heteroatoms. The van der Waals surface area contributed by atoms with E-state index in [1.54, 1.807) is 17.9 Å². The van der Waals surface area contributed by atoms with E-state index in [1.807, 2.05) is 18.2 Å². The molecule has 1 saturated heterocycles. The Balaban J connectivity index is 1.73. The Morgan fingerprint density at radius 3 is 3.00 bits per heavy atom. The number of H-pyrrole nitrogens is 1. The van der Waals surface area contributed by atoms with Crippen molar-refractivity contribution in [2.45, 2.75) is 25.8 Å². The lowest BCUT2D eigenvalue weighted by Crippen LogP contribution is -2.49. The number of nitrogens with zero attached hydrogens (tertiary/aromatic N) is 1. The van der Waals surface area contributed by atoms with Crippen molar-refractivity contribution < 1.29 is 9.59 Å². The van der Waals surface area contributed by atoms with Gasteiger partial charge in [-0.3, -0.25) is 9.59 Å². The van der Waals surface area contributed by atoms with E-state index in [0.29, 0.717) is 23.8 Å². The molecular formula is C18H18ClN3O2. The van der Waals surface area contributed by atoms with Crippen molar-refractivity contribution >= 4 is 34.3 Å². The number of halogens is 1. The average molecular weight is 344 g/mol. The Hall–Kier alpha value is -2.45. The smallest absolute Gasteiger partial charge is 0.296 e. The van der Waals surface area contributed by atoms with Crippen molar-refractivity contribution in [1.29, 1.82) is 0 Å². The zero-order valence-electron chi connectivity index (χ0n) is 13.4. The summed E-state index contributed by atoms with van der Waals surface area (Å²) in [5, 5.41) is 4.40. The first kappa shape index (κ1) is 16.4. The summed E-state index contributed by atoms with van der Waals surface area (Å²) in [5.41, 5.74) is 1.41. The molecular weight excluding hydrogens is 326 g/mol. The molecule has 0 bridgehead atoms. The fourth-order valence-electron chi connectivity index (χ4n) is 3.00. The summed E-state index contributed by atoms with van der Waals surface area (Å²) < 4.78 is 0. The normalized spacial score (nSPS) is 17.2. The number of rotatable bonds is 2. The van der Waals surface area contributed by atoms with Gasteiger partial charge in [-0.1, -0.05) is 17.5 Å². The summed E-state index contributed by atoms with van der Waals surface area (Å²) in [4.78, 5) is 29.2. The maximum Gasteiger partial charge on any atom is 0.296 e. The number of fused-ring (bicyclic) bond motifs is 1. The number of amides is 2. The van der Waals surface area contributed by atoms with Crippen molar-refractivity contribution in [2.75, 3.05) is 13.1 Å². The van der Waals surface area contributed by atoms with Gasteiger partial charge in [-0.25, -0.2) is 0 Å². The predicted octanol–water partition coefficient (Wildman–Crippen LogP) is 2.57. The van der Waals surface area contributed by atoms with Crippen LogP contribution < -0.4 is 5.32 Å². The molecule has 1 aromatic carbocycles. The number of benzene rings is 1. The Kier molecular flexibility index (Phi) is 4.77. The Bertz CT molecular complexity index is 847. The average Bonchev–Trinajstić information content (AvgIpc) is 2.97. The van der Waals surface area contributed by atoms with Gasteiger partial charge in [0.25, 0.3) is 11.8 Å². The van der Waals surface area contributed by atoms with Gasteiger partial charge in [0.2, 0.25) is 0 Å². The first-order chi connectivity index (χ1) is 11.6. The van der Waals surface area contributed by atoms with Crippen LogP contribution in [-0.4, -0.2) is 40.8 Å². The van der Waals surface area contributed by atoms with Gasteiger partial charge in [0.15, 0.2) is 0 Å². The molecule has 1 aromatic heterocycles. The molecule has 124 valence electrons. The van der Waals surface area contributed by atoms with E-state index in [9.17, 15) is 9.59 Å². The molecule has 0 saturated carbocycles. The molecule has 2 amide bonds. The summed E-state index contributed by atoms with van der Waals surface area (Å²) in [6.07, 6.45) is 1.70. The van der Waals surface area contributed by atoms with Crippen LogP contribution in [0.2, 0.25) is 5.02 Å². The fraction of sp³-hybridized carbons (Fsp3) is 0.333. The summed E-state index contributed by atoms with van der Waals surface area (Å²) >= 11 is 5.99. The first-order valence-electron chi connectivity index (χ1n) is 7.87. The topological polar surface area (TPSA) is 65.2 Å². The van der Waals surface area contributed by atoms with Crippen LogP contribution in [-0.2, 0) is 4.79 Å². The van der Waals surface area contributed by atoms with Crippen LogP contribution in [0.4, 0.5) is 0 Å². The van der Waals surface area contributed by atoms with Gasteiger partial charge in [0.05, 0.1) is 0 Å². The first-order valence-corrected chi connectivity index (χ1v) is 8.25. The van der Waals surface area contributed by atoms with Gasteiger partial charge >= 0.3 is 0 Å². The lowest BCUT2D eigenvalue weighted by Gasteiger charge is -2.32. The molecule has 1 fully saturated rings. The number of carbonyl (C=O) groups excluding carboxylic acids is 2. The summed E-state index contributed by atoms with van der Waals surface area (Å²) in [7, 11) is 0. The molecule has 1 aliphatic heterocycles. The summed E-state index contributed by atoms with van der Waals surface area (Å²) in [6.45, 7) is 2.80. The van der Waals surface area contributed by atoms with Gasteiger partial charge in [-0.05, 0) is 50.0 Å². The highest BCUT2D eigenvalue weighted by atomic mass is 35.5. The van der Waals surface area contributed by atoms with Gasteiger partial charge in [0, 0.05) is 35.1 Å². The molecule has 3 rings (SSSR count). The third kappa shape index (κ3) is 3.55. The van der Waals surface area contributed by atoms with E-state index in [-0.39, 0.29) is 17.9 Å². The molecule has 24 heavy (non-hydrogen) atoms. The lowest BCUT2D eigenvalue weighted by molar-refractivity contribution is -0.116. The van der Waals surface area contributed by atoms with Crippen LogP contribution in [0.5, 0.6) is 0 Å².